The van der Waals surface area contributed by atoms with Crippen LogP contribution < -0.4 is 14.9 Å². The van der Waals surface area contributed by atoms with E-state index in [9.17, 15) is 9.18 Å². The van der Waals surface area contributed by atoms with E-state index in [1.165, 1.54) is 23.5 Å². The van der Waals surface area contributed by atoms with Crippen LogP contribution in [0.25, 0.3) is 11.3 Å². The van der Waals surface area contributed by atoms with Crippen LogP contribution in [0.1, 0.15) is 16.1 Å². The molecule has 2 aromatic heterocycles. The summed E-state index contributed by atoms with van der Waals surface area (Å²) in [6.45, 7) is 0.251. The molecule has 0 saturated heterocycles. The van der Waals surface area contributed by atoms with E-state index in [2.05, 4.69) is 4.98 Å². The maximum Gasteiger partial charge on any atom is 0.221 e. The summed E-state index contributed by atoms with van der Waals surface area (Å²) in [5, 5.41) is 0.821. The van der Waals surface area contributed by atoms with Crippen molar-refractivity contribution in [2.75, 3.05) is 7.11 Å². The first-order valence-electron chi connectivity index (χ1n) is 10.2. The van der Waals surface area contributed by atoms with Crippen molar-refractivity contribution in [1.82, 2.24) is 4.98 Å². The quantitative estimate of drug-likeness (QED) is 0.349. The van der Waals surface area contributed by atoms with Crippen molar-refractivity contribution in [3.05, 3.63) is 111 Å². The molecule has 0 aliphatic rings. The number of pyridine rings is 1. The summed E-state index contributed by atoms with van der Waals surface area (Å²) in [7, 11) is 1.63. The molecule has 0 saturated carbocycles. The molecule has 4 aromatic rings. The van der Waals surface area contributed by atoms with E-state index in [0.29, 0.717) is 29.8 Å². The molecule has 0 aliphatic carbocycles. The van der Waals surface area contributed by atoms with Gasteiger partial charge in [-0.05, 0) is 54.8 Å². The Balaban J connectivity index is 1.62. The fraction of sp³-hybridized carbons (Fsp3) is 0.154. The minimum absolute atomic E-state index is 0.201. The molecule has 0 spiro atoms. The molecule has 162 valence electrons. The Bertz CT molecular complexity index is 1260. The lowest BCUT2D eigenvalue weighted by Gasteiger charge is -2.10. The van der Waals surface area contributed by atoms with E-state index in [1.807, 2.05) is 42.5 Å². The minimum Gasteiger partial charge on any atom is -0.487 e. The normalized spacial score (nSPS) is 10.7. The van der Waals surface area contributed by atoms with Gasteiger partial charge in [0.15, 0.2) is 10.8 Å². The molecular weight excluding hydrogens is 425 g/mol. The van der Waals surface area contributed by atoms with Crippen molar-refractivity contribution in [3.8, 4) is 22.1 Å². The molecule has 2 heterocycles. The van der Waals surface area contributed by atoms with Crippen molar-refractivity contribution in [1.29, 1.82) is 0 Å². The Kier molecular flexibility index (Phi) is 6.92. The van der Waals surface area contributed by atoms with Gasteiger partial charge in [-0.2, -0.15) is 0 Å². The van der Waals surface area contributed by atoms with Crippen LogP contribution in [-0.2, 0) is 19.4 Å². The number of hydrogen-bond donors (Lipinski definition) is 0. The highest BCUT2D eigenvalue weighted by Gasteiger charge is 2.14. The molecule has 0 fully saturated rings. The van der Waals surface area contributed by atoms with Crippen molar-refractivity contribution in [2.45, 2.75) is 19.4 Å². The topological polar surface area (TPSA) is 48.4 Å². The smallest absolute Gasteiger partial charge is 0.221 e. The van der Waals surface area contributed by atoms with Crippen LogP contribution >= 0.6 is 11.3 Å². The molecule has 0 atom stereocenters. The van der Waals surface area contributed by atoms with Gasteiger partial charge < -0.3 is 9.47 Å². The van der Waals surface area contributed by atoms with Crippen LogP contribution in [0.4, 0.5) is 4.39 Å². The third-order valence-corrected chi connectivity index (χ3v) is 6.06. The average Bonchev–Trinajstić information content (AvgIpc) is 3.20. The van der Waals surface area contributed by atoms with Gasteiger partial charge in [0.05, 0.1) is 18.5 Å². The summed E-state index contributed by atoms with van der Waals surface area (Å²) in [5.74, 6) is -0.168. The fourth-order valence-electron chi connectivity index (χ4n) is 3.31. The van der Waals surface area contributed by atoms with E-state index in [4.69, 9.17) is 9.47 Å². The van der Waals surface area contributed by atoms with Gasteiger partial charge in [-0.3, -0.25) is 4.79 Å². The van der Waals surface area contributed by atoms with Crippen molar-refractivity contribution in [2.24, 2.45) is 0 Å². The van der Waals surface area contributed by atoms with Gasteiger partial charge in [0.2, 0.25) is 5.43 Å². The highest BCUT2D eigenvalue weighted by Crippen LogP contribution is 2.28. The van der Waals surface area contributed by atoms with Crippen LogP contribution in [0.5, 0.6) is 10.8 Å². The molecule has 32 heavy (non-hydrogen) atoms. The maximum atomic E-state index is 14.5. The second-order valence-corrected chi connectivity index (χ2v) is 8.28. The van der Waals surface area contributed by atoms with E-state index in [-0.39, 0.29) is 23.6 Å². The number of nitrogens with zero attached hydrogens (tertiary/aromatic N) is 1. The SMILES string of the molecule is COc1ccc(CCc2nc(-c3ccccc(=O)c3OCc3ccccc3)ccc2F)s1. The summed E-state index contributed by atoms with van der Waals surface area (Å²) in [6.07, 6.45) is 1.08. The van der Waals surface area contributed by atoms with Gasteiger partial charge in [-0.1, -0.05) is 42.5 Å². The number of hydrogen-bond acceptors (Lipinski definition) is 5. The van der Waals surface area contributed by atoms with E-state index < -0.39 is 0 Å². The number of methoxy groups -OCH3 is 1. The fourth-order valence-corrected chi connectivity index (χ4v) is 4.13. The first kappa shape index (κ1) is 21.7. The number of benzene rings is 1. The van der Waals surface area contributed by atoms with Crippen LogP contribution in [0.2, 0.25) is 0 Å². The molecule has 0 N–H and O–H groups in total. The summed E-state index contributed by atoms with van der Waals surface area (Å²) in [5.41, 5.74) is 2.09. The largest absolute Gasteiger partial charge is 0.487 e. The number of aromatic nitrogens is 1. The zero-order valence-electron chi connectivity index (χ0n) is 17.6. The maximum absolute atomic E-state index is 14.5. The molecule has 0 amide bonds. The Morgan fingerprint density at radius 3 is 2.47 bits per heavy atom. The second kappa shape index (κ2) is 10.2. The monoisotopic (exact) mass is 447 g/mol. The van der Waals surface area contributed by atoms with Crippen LogP contribution in [0.3, 0.4) is 0 Å². The van der Waals surface area contributed by atoms with Crippen LogP contribution in [-0.4, -0.2) is 12.1 Å². The molecule has 6 heteroatoms. The Labute approximate surface area is 189 Å². The third-order valence-electron chi connectivity index (χ3n) is 4.96. The van der Waals surface area contributed by atoms with Crippen molar-refractivity contribution >= 4 is 11.3 Å². The molecule has 0 unspecified atom stereocenters. The average molecular weight is 448 g/mol. The Hall–Kier alpha value is -3.51. The molecule has 4 rings (SSSR count). The summed E-state index contributed by atoms with van der Waals surface area (Å²) in [6, 6.07) is 23.1. The Morgan fingerprint density at radius 1 is 0.906 bits per heavy atom. The van der Waals surface area contributed by atoms with Gasteiger partial charge in [0, 0.05) is 10.4 Å². The number of halogens is 1. The zero-order chi connectivity index (χ0) is 22.3. The number of aryl methyl sites for hydroxylation is 2. The molecule has 0 radical (unpaired) electrons. The predicted molar refractivity (Wildman–Crippen MR) is 125 cm³/mol. The number of ether oxygens (including phenoxy) is 2. The molecule has 4 nitrogen and oxygen atoms in total. The summed E-state index contributed by atoms with van der Waals surface area (Å²) < 4.78 is 25.7. The number of thiophene rings is 1. The van der Waals surface area contributed by atoms with Crippen LogP contribution in [0, 0.1) is 5.82 Å². The minimum atomic E-state index is -0.369. The highest BCUT2D eigenvalue weighted by atomic mass is 32.1. The second-order valence-electron chi connectivity index (χ2n) is 7.15. The van der Waals surface area contributed by atoms with Gasteiger partial charge >= 0.3 is 0 Å². The summed E-state index contributed by atoms with van der Waals surface area (Å²) >= 11 is 1.53. The first-order valence-corrected chi connectivity index (χ1v) is 11.0. The molecule has 0 bridgehead atoms. The van der Waals surface area contributed by atoms with Gasteiger partial charge in [-0.15, -0.1) is 11.3 Å². The Morgan fingerprint density at radius 2 is 1.69 bits per heavy atom. The van der Waals surface area contributed by atoms with E-state index in [0.717, 1.165) is 15.5 Å². The summed E-state index contributed by atoms with van der Waals surface area (Å²) in [4.78, 5) is 18.3. The lowest BCUT2D eigenvalue weighted by molar-refractivity contribution is 0.305. The van der Waals surface area contributed by atoms with Crippen molar-refractivity contribution in [3.63, 3.8) is 0 Å². The standard InChI is InChI=1S/C26H22FNO3S/c1-30-25-16-12-19(32-25)11-14-23-21(27)13-15-22(28-23)20-9-5-6-10-24(29)26(20)31-17-18-7-3-2-4-8-18/h2-10,12-13,15-16H,11,14,17H2,1H3. The van der Waals surface area contributed by atoms with Gasteiger partial charge in [0.1, 0.15) is 12.4 Å². The lowest BCUT2D eigenvalue weighted by Crippen LogP contribution is -2.07. The lowest BCUT2D eigenvalue weighted by atomic mass is 10.1. The third kappa shape index (κ3) is 5.21. The van der Waals surface area contributed by atoms with Crippen molar-refractivity contribution < 1.29 is 13.9 Å². The first-order chi connectivity index (χ1) is 15.6. The highest BCUT2D eigenvalue weighted by molar-refractivity contribution is 7.13. The molecular formula is C26H22FNO3S. The van der Waals surface area contributed by atoms with Crippen LogP contribution in [0.15, 0.2) is 83.7 Å². The van der Waals surface area contributed by atoms with E-state index in [1.54, 1.807) is 31.4 Å². The van der Waals surface area contributed by atoms with Gasteiger partial charge in [-0.25, -0.2) is 9.37 Å². The predicted octanol–water partition coefficient (Wildman–Crippen LogP) is 5.68. The van der Waals surface area contributed by atoms with E-state index >= 15 is 0 Å². The van der Waals surface area contributed by atoms with Gasteiger partial charge in [0.25, 0.3) is 0 Å². The zero-order valence-corrected chi connectivity index (χ0v) is 18.4. The molecule has 0 aliphatic heterocycles. The number of rotatable bonds is 8. The molecule has 2 aromatic carbocycles.